The third kappa shape index (κ3) is 4.98. The first-order valence-electron chi connectivity index (χ1n) is 8.61. The highest BCUT2D eigenvalue weighted by Crippen LogP contribution is 2.24. The number of rotatable bonds is 7. The van der Waals surface area contributed by atoms with Crippen molar-refractivity contribution >= 4 is 38.4 Å². The van der Waals surface area contributed by atoms with Gasteiger partial charge in [-0.25, -0.2) is 17.7 Å². The van der Waals surface area contributed by atoms with Crippen LogP contribution in [0.1, 0.15) is 24.6 Å². The van der Waals surface area contributed by atoms with Gasteiger partial charge in [0.1, 0.15) is 0 Å². The second kappa shape index (κ2) is 9.02. The van der Waals surface area contributed by atoms with Gasteiger partial charge in [-0.1, -0.05) is 19.1 Å². The second-order valence-electron chi connectivity index (χ2n) is 6.16. The zero-order valence-electron chi connectivity index (χ0n) is 16.0. The molecule has 2 aromatic rings. The lowest BCUT2D eigenvalue weighted by atomic mass is 10.1. The van der Waals surface area contributed by atoms with Gasteiger partial charge >= 0.3 is 0 Å². The van der Waals surface area contributed by atoms with E-state index in [1.165, 1.54) is 24.5 Å². The summed E-state index contributed by atoms with van der Waals surface area (Å²) < 4.78 is 27.7. The zero-order chi connectivity index (χ0) is 20.9. The van der Waals surface area contributed by atoms with Crippen molar-refractivity contribution in [3.05, 3.63) is 40.9 Å². The number of benzene rings is 1. The Morgan fingerprint density at radius 3 is 2.68 bits per heavy atom. The van der Waals surface area contributed by atoms with E-state index < -0.39 is 16.1 Å². The van der Waals surface area contributed by atoms with Crippen LogP contribution in [0.25, 0.3) is 0 Å². The van der Waals surface area contributed by atoms with E-state index in [0.29, 0.717) is 23.7 Å². The first-order chi connectivity index (χ1) is 13.2. The molecule has 2 rings (SSSR count). The van der Waals surface area contributed by atoms with Gasteiger partial charge in [0.2, 0.25) is 5.96 Å². The molecular weight excluding hydrogens is 398 g/mol. The van der Waals surface area contributed by atoms with E-state index in [1.54, 1.807) is 17.5 Å². The lowest BCUT2D eigenvalue weighted by molar-refractivity contribution is 0.400. The average molecular weight is 424 g/mol. The molecule has 1 aromatic heterocycles. The van der Waals surface area contributed by atoms with Crippen LogP contribution in [-0.2, 0) is 16.4 Å². The largest absolute Gasteiger partial charge is 0.370 e. The van der Waals surface area contributed by atoms with Crippen LogP contribution in [-0.4, -0.2) is 42.7 Å². The number of aromatic nitrogens is 1. The fourth-order valence-electron chi connectivity index (χ4n) is 2.71. The van der Waals surface area contributed by atoms with Crippen LogP contribution in [0.15, 0.2) is 34.5 Å². The van der Waals surface area contributed by atoms with Crippen molar-refractivity contribution in [2.45, 2.75) is 37.6 Å². The van der Waals surface area contributed by atoms with Crippen molar-refractivity contribution in [1.82, 2.24) is 14.6 Å². The normalized spacial score (nSPS) is 12.2. The van der Waals surface area contributed by atoms with Crippen LogP contribution in [0.2, 0.25) is 0 Å². The maximum Gasteiger partial charge on any atom is 0.266 e. The molecule has 0 aliphatic carbocycles. The third-order valence-electron chi connectivity index (χ3n) is 4.04. The van der Waals surface area contributed by atoms with Crippen molar-refractivity contribution in [3.63, 3.8) is 0 Å². The van der Waals surface area contributed by atoms with Gasteiger partial charge in [-0.3, -0.25) is 10.8 Å². The fourth-order valence-corrected chi connectivity index (χ4v) is 5.20. The van der Waals surface area contributed by atoms with E-state index in [4.69, 9.17) is 16.6 Å². The number of nitrogens with two attached hydrogens (primary N) is 1. The minimum atomic E-state index is -3.93. The maximum atomic E-state index is 13.3. The lowest BCUT2D eigenvalue weighted by Crippen LogP contribution is -2.49. The molecule has 0 amide bonds. The molecule has 0 fully saturated rings. The number of aryl methyl sites for hydroxylation is 1. The van der Waals surface area contributed by atoms with Gasteiger partial charge in [0.25, 0.3) is 10.0 Å². The molecule has 28 heavy (non-hydrogen) atoms. The van der Waals surface area contributed by atoms with E-state index in [-0.39, 0.29) is 16.8 Å². The van der Waals surface area contributed by atoms with Gasteiger partial charge < -0.3 is 16.4 Å². The SMILES string of the molecule is CCC(Cc1csc(NC(=N)N)n1)N(C(=N)NC)S(=O)(=O)c1cccc(C)c1. The Bertz CT molecular complexity index is 956. The number of nitrogens with one attached hydrogen (secondary N) is 4. The molecule has 11 heteroatoms. The molecule has 0 bridgehead atoms. The van der Waals surface area contributed by atoms with E-state index in [2.05, 4.69) is 15.6 Å². The Hall–Kier alpha value is -2.66. The van der Waals surface area contributed by atoms with Crippen LogP contribution in [0.5, 0.6) is 0 Å². The summed E-state index contributed by atoms with van der Waals surface area (Å²) >= 11 is 1.28. The predicted molar refractivity (Wildman–Crippen MR) is 112 cm³/mol. The summed E-state index contributed by atoms with van der Waals surface area (Å²) in [7, 11) is -2.41. The number of sulfonamides is 1. The molecule has 0 saturated carbocycles. The molecule has 1 atom stereocenters. The highest BCUT2D eigenvalue weighted by Gasteiger charge is 2.33. The molecule has 0 spiro atoms. The zero-order valence-corrected chi connectivity index (χ0v) is 17.6. The summed E-state index contributed by atoms with van der Waals surface area (Å²) in [4.78, 5) is 4.49. The van der Waals surface area contributed by atoms with Crippen LogP contribution < -0.4 is 16.4 Å². The number of anilines is 1. The molecule has 0 aliphatic heterocycles. The molecule has 6 N–H and O–H groups in total. The standard InChI is InChI=1S/C17H25N7O2S2/c1-4-13(9-12-10-27-17(22-12)23-15(18)19)24(16(20)21-3)28(25,26)14-7-5-6-11(2)8-14/h5-8,10,13H,4,9H2,1-3H3,(H2,20,21)(H4,18,19,22,23). The van der Waals surface area contributed by atoms with Crippen LogP contribution in [0.3, 0.4) is 0 Å². The lowest BCUT2D eigenvalue weighted by Gasteiger charge is -2.31. The van der Waals surface area contributed by atoms with Crippen LogP contribution >= 0.6 is 11.3 Å². The summed E-state index contributed by atoms with van der Waals surface area (Å²) in [6.45, 7) is 3.69. The van der Waals surface area contributed by atoms with Crippen LogP contribution in [0, 0.1) is 17.7 Å². The minimum Gasteiger partial charge on any atom is -0.370 e. The van der Waals surface area contributed by atoms with E-state index in [1.807, 2.05) is 19.9 Å². The molecule has 0 saturated heterocycles. The number of thiazole rings is 1. The Morgan fingerprint density at radius 2 is 2.11 bits per heavy atom. The Balaban J connectivity index is 2.38. The summed E-state index contributed by atoms with van der Waals surface area (Å²) in [5, 5.41) is 23.0. The minimum absolute atomic E-state index is 0.142. The van der Waals surface area contributed by atoms with Gasteiger partial charge in [0.05, 0.1) is 16.6 Å². The van der Waals surface area contributed by atoms with Crippen LogP contribution in [0.4, 0.5) is 5.13 Å². The monoisotopic (exact) mass is 423 g/mol. The Morgan fingerprint density at radius 1 is 1.39 bits per heavy atom. The first kappa shape index (κ1) is 21.6. The fraction of sp³-hybridized carbons (Fsp3) is 0.353. The molecular formula is C17H25N7O2S2. The Kier molecular flexibility index (Phi) is 6.97. The van der Waals surface area contributed by atoms with E-state index in [0.717, 1.165) is 9.87 Å². The number of nitrogens with zero attached hydrogens (tertiary/aromatic N) is 2. The predicted octanol–water partition coefficient (Wildman–Crippen LogP) is 1.92. The number of hydrogen-bond acceptors (Lipinski definition) is 6. The molecule has 0 aliphatic rings. The first-order valence-corrected chi connectivity index (χ1v) is 10.9. The van der Waals surface area contributed by atoms with Gasteiger partial charge in [0, 0.05) is 18.8 Å². The van der Waals surface area contributed by atoms with Gasteiger partial charge in [-0.2, -0.15) is 0 Å². The molecule has 1 aromatic carbocycles. The van der Waals surface area contributed by atoms with Gasteiger partial charge in [-0.05, 0) is 31.0 Å². The second-order valence-corrected chi connectivity index (χ2v) is 8.84. The van der Waals surface area contributed by atoms with Crippen molar-refractivity contribution in [2.75, 3.05) is 12.4 Å². The van der Waals surface area contributed by atoms with E-state index >= 15 is 0 Å². The Labute approximate surface area is 169 Å². The highest BCUT2D eigenvalue weighted by molar-refractivity contribution is 7.89. The number of guanidine groups is 2. The summed E-state index contributed by atoms with van der Waals surface area (Å²) in [5.74, 6) is -0.417. The van der Waals surface area contributed by atoms with Crippen molar-refractivity contribution in [1.29, 1.82) is 10.8 Å². The molecule has 9 nitrogen and oxygen atoms in total. The van der Waals surface area contributed by atoms with Gasteiger partial charge in [-0.15, -0.1) is 11.3 Å². The van der Waals surface area contributed by atoms with Crippen molar-refractivity contribution in [3.8, 4) is 0 Å². The summed E-state index contributed by atoms with van der Waals surface area (Å²) in [5.41, 5.74) is 6.80. The summed E-state index contributed by atoms with van der Waals surface area (Å²) in [6.07, 6.45) is 0.809. The smallest absolute Gasteiger partial charge is 0.266 e. The molecule has 0 radical (unpaired) electrons. The van der Waals surface area contributed by atoms with Crippen molar-refractivity contribution in [2.24, 2.45) is 5.73 Å². The van der Waals surface area contributed by atoms with E-state index in [9.17, 15) is 8.42 Å². The summed E-state index contributed by atoms with van der Waals surface area (Å²) in [6, 6.07) is 6.13. The quantitative estimate of drug-likeness (QED) is 0.339. The molecule has 1 heterocycles. The maximum absolute atomic E-state index is 13.3. The molecule has 152 valence electrons. The topological polar surface area (TPSA) is 148 Å². The highest BCUT2D eigenvalue weighted by atomic mass is 32.2. The number of hydrogen-bond donors (Lipinski definition) is 5. The third-order valence-corrected chi connectivity index (χ3v) is 6.70. The van der Waals surface area contributed by atoms with Gasteiger partial charge in [0.15, 0.2) is 11.1 Å². The van der Waals surface area contributed by atoms with Crippen molar-refractivity contribution < 1.29 is 8.42 Å². The molecule has 1 unspecified atom stereocenters. The average Bonchev–Trinajstić information content (AvgIpc) is 3.06.